The number of benzene rings is 1. The van der Waals surface area contributed by atoms with Crippen LogP contribution in [0, 0.1) is 5.92 Å². The molecule has 3 rings (SSSR count). The van der Waals surface area contributed by atoms with Gasteiger partial charge in [0.05, 0.1) is 5.92 Å². The first-order valence-corrected chi connectivity index (χ1v) is 9.38. The first-order valence-electron chi connectivity index (χ1n) is 9.38. The fourth-order valence-electron chi connectivity index (χ4n) is 3.55. The Bertz CT molecular complexity index is 917. The molecule has 1 aliphatic rings. The van der Waals surface area contributed by atoms with Crippen LogP contribution in [0.1, 0.15) is 25.3 Å². The standard InChI is InChI=1S/C20H26N4O3/c1-3-24-17(12-18(25)22(2)20(24)27)23-11-7-10-16(14-23)19(26)21-13-15-8-5-4-6-9-15/h4-6,8-9,12,16H,3,7,10-11,13-14H2,1-2H3,(H,21,26)/t16-/m1/s1. The summed E-state index contributed by atoms with van der Waals surface area (Å²) in [5.74, 6) is 0.455. The van der Waals surface area contributed by atoms with Crippen LogP contribution in [0.4, 0.5) is 5.82 Å². The van der Waals surface area contributed by atoms with Gasteiger partial charge in [-0.05, 0) is 25.3 Å². The fourth-order valence-corrected chi connectivity index (χ4v) is 3.55. The molecule has 7 heteroatoms. The minimum atomic E-state index is -0.324. The van der Waals surface area contributed by atoms with Crippen LogP contribution in [0.2, 0.25) is 0 Å². The molecule has 2 heterocycles. The van der Waals surface area contributed by atoms with E-state index in [1.54, 1.807) is 4.57 Å². The number of rotatable bonds is 5. The van der Waals surface area contributed by atoms with Crippen molar-refractivity contribution in [3.05, 3.63) is 62.8 Å². The highest BCUT2D eigenvalue weighted by Gasteiger charge is 2.27. The first-order chi connectivity index (χ1) is 13.0. The molecule has 0 unspecified atom stereocenters. The zero-order valence-electron chi connectivity index (χ0n) is 15.9. The number of aromatic nitrogens is 2. The SMILES string of the molecule is CCn1c(N2CCC[C@@H](C(=O)NCc3ccccc3)C2)cc(=O)n(C)c1=O. The van der Waals surface area contributed by atoms with E-state index < -0.39 is 0 Å². The van der Waals surface area contributed by atoms with Gasteiger partial charge in [-0.3, -0.25) is 18.7 Å². The Hall–Kier alpha value is -2.83. The van der Waals surface area contributed by atoms with E-state index in [9.17, 15) is 14.4 Å². The molecule has 0 saturated carbocycles. The number of nitrogens with zero attached hydrogens (tertiary/aromatic N) is 3. The zero-order valence-corrected chi connectivity index (χ0v) is 15.9. The average molecular weight is 370 g/mol. The normalized spacial score (nSPS) is 17.0. The summed E-state index contributed by atoms with van der Waals surface area (Å²) in [7, 11) is 1.48. The van der Waals surface area contributed by atoms with Gasteiger partial charge in [-0.15, -0.1) is 0 Å². The van der Waals surface area contributed by atoms with Crippen molar-refractivity contribution >= 4 is 11.7 Å². The number of anilines is 1. The van der Waals surface area contributed by atoms with Gasteiger partial charge in [0.1, 0.15) is 5.82 Å². The van der Waals surface area contributed by atoms with Gasteiger partial charge >= 0.3 is 5.69 Å². The summed E-state index contributed by atoms with van der Waals surface area (Å²) in [6, 6.07) is 11.3. The molecule has 144 valence electrons. The van der Waals surface area contributed by atoms with E-state index in [0.717, 1.165) is 29.5 Å². The van der Waals surface area contributed by atoms with E-state index in [0.29, 0.717) is 25.5 Å². The van der Waals surface area contributed by atoms with E-state index in [1.807, 2.05) is 42.2 Å². The maximum atomic E-state index is 12.6. The van der Waals surface area contributed by atoms with Crippen molar-refractivity contribution in [1.82, 2.24) is 14.5 Å². The molecule has 1 aromatic heterocycles. The van der Waals surface area contributed by atoms with Gasteiger partial charge in [0.15, 0.2) is 0 Å². The van der Waals surface area contributed by atoms with Crippen LogP contribution >= 0.6 is 0 Å². The number of piperidine rings is 1. The predicted octanol–water partition coefficient (Wildman–Crippen LogP) is 1.10. The molecule has 27 heavy (non-hydrogen) atoms. The quantitative estimate of drug-likeness (QED) is 0.855. The second-order valence-electron chi connectivity index (χ2n) is 6.92. The Balaban J connectivity index is 1.74. The lowest BCUT2D eigenvalue weighted by atomic mass is 9.97. The Morgan fingerprint density at radius 3 is 2.67 bits per heavy atom. The van der Waals surface area contributed by atoms with Crippen molar-refractivity contribution in [2.24, 2.45) is 13.0 Å². The van der Waals surface area contributed by atoms with E-state index >= 15 is 0 Å². The second-order valence-corrected chi connectivity index (χ2v) is 6.92. The van der Waals surface area contributed by atoms with Gasteiger partial charge in [-0.2, -0.15) is 0 Å². The number of carbonyl (C=O) groups is 1. The lowest BCUT2D eigenvalue weighted by Gasteiger charge is -2.34. The van der Waals surface area contributed by atoms with Gasteiger partial charge in [0, 0.05) is 39.3 Å². The lowest BCUT2D eigenvalue weighted by Crippen LogP contribution is -2.47. The molecule has 1 amide bonds. The Morgan fingerprint density at radius 1 is 1.22 bits per heavy atom. The van der Waals surface area contributed by atoms with E-state index in [4.69, 9.17) is 0 Å². The summed E-state index contributed by atoms with van der Waals surface area (Å²) in [5, 5.41) is 3.00. The van der Waals surface area contributed by atoms with Crippen molar-refractivity contribution in [2.45, 2.75) is 32.9 Å². The van der Waals surface area contributed by atoms with Gasteiger partial charge in [0.2, 0.25) is 5.91 Å². The van der Waals surface area contributed by atoms with Gasteiger partial charge < -0.3 is 10.2 Å². The van der Waals surface area contributed by atoms with Crippen LogP contribution < -0.4 is 21.5 Å². The van der Waals surface area contributed by atoms with Crippen molar-refractivity contribution in [3.8, 4) is 0 Å². The summed E-state index contributed by atoms with van der Waals surface area (Å²) in [4.78, 5) is 39.1. The molecule has 7 nitrogen and oxygen atoms in total. The van der Waals surface area contributed by atoms with Crippen LogP contribution in [0.3, 0.4) is 0 Å². The van der Waals surface area contributed by atoms with Crippen molar-refractivity contribution in [2.75, 3.05) is 18.0 Å². The minimum absolute atomic E-state index is 0.0118. The molecule has 1 aliphatic heterocycles. The van der Waals surface area contributed by atoms with Crippen LogP contribution in [0.15, 0.2) is 46.0 Å². The van der Waals surface area contributed by atoms with Crippen molar-refractivity contribution in [3.63, 3.8) is 0 Å². The molecule has 0 bridgehead atoms. The van der Waals surface area contributed by atoms with Crippen LogP contribution in [-0.2, 0) is 24.9 Å². The fraction of sp³-hybridized carbons (Fsp3) is 0.450. The Labute approximate surface area is 158 Å². The summed E-state index contributed by atoms with van der Waals surface area (Å²) < 4.78 is 2.70. The predicted molar refractivity (Wildman–Crippen MR) is 105 cm³/mol. The summed E-state index contributed by atoms with van der Waals surface area (Å²) in [6.07, 6.45) is 1.65. The summed E-state index contributed by atoms with van der Waals surface area (Å²) in [5.41, 5.74) is 0.413. The molecule has 1 saturated heterocycles. The monoisotopic (exact) mass is 370 g/mol. The Kier molecular flexibility index (Phi) is 5.78. The first kappa shape index (κ1) is 18.9. The zero-order chi connectivity index (χ0) is 19.4. The third kappa shape index (κ3) is 4.13. The van der Waals surface area contributed by atoms with Crippen LogP contribution in [0.5, 0.6) is 0 Å². The van der Waals surface area contributed by atoms with E-state index in [2.05, 4.69) is 5.32 Å². The van der Waals surface area contributed by atoms with E-state index in [-0.39, 0.29) is 23.1 Å². The molecule has 1 N–H and O–H groups in total. The minimum Gasteiger partial charge on any atom is -0.357 e. The molecule has 2 aromatic rings. The number of hydrogen-bond acceptors (Lipinski definition) is 4. The molecule has 0 radical (unpaired) electrons. The maximum absolute atomic E-state index is 12.6. The molecule has 1 aromatic carbocycles. The van der Waals surface area contributed by atoms with Gasteiger partial charge in [0.25, 0.3) is 5.56 Å². The van der Waals surface area contributed by atoms with Crippen molar-refractivity contribution < 1.29 is 4.79 Å². The number of amides is 1. The number of carbonyl (C=O) groups excluding carboxylic acids is 1. The van der Waals surface area contributed by atoms with Crippen LogP contribution in [-0.4, -0.2) is 28.1 Å². The van der Waals surface area contributed by atoms with E-state index in [1.165, 1.54) is 13.1 Å². The smallest absolute Gasteiger partial charge is 0.332 e. The number of hydrogen-bond donors (Lipinski definition) is 1. The molecule has 1 fully saturated rings. The van der Waals surface area contributed by atoms with Crippen molar-refractivity contribution in [1.29, 1.82) is 0 Å². The average Bonchev–Trinajstić information content (AvgIpc) is 2.71. The van der Waals surface area contributed by atoms with Gasteiger partial charge in [-0.1, -0.05) is 30.3 Å². The van der Waals surface area contributed by atoms with Gasteiger partial charge in [-0.25, -0.2) is 4.79 Å². The summed E-state index contributed by atoms with van der Waals surface area (Å²) in [6.45, 7) is 4.09. The largest absolute Gasteiger partial charge is 0.357 e. The molecule has 0 aliphatic carbocycles. The third-order valence-corrected chi connectivity index (χ3v) is 5.12. The lowest BCUT2D eigenvalue weighted by molar-refractivity contribution is -0.125. The maximum Gasteiger partial charge on any atom is 0.332 e. The molecular formula is C20H26N4O3. The highest BCUT2D eigenvalue weighted by Crippen LogP contribution is 2.22. The topological polar surface area (TPSA) is 76.3 Å². The summed E-state index contributed by atoms with van der Waals surface area (Å²) >= 11 is 0. The molecule has 0 spiro atoms. The second kappa shape index (κ2) is 8.24. The molecule has 1 atom stereocenters. The Morgan fingerprint density at radius 2 is 1.96 bits per heavy atom. The third-order valence-electron chi connectivity index (χ3n) is 5.12. The number of nitrogens with one attached hydrogen (secondary N) is 1. The molecular weight excluding hydrogens is 344 g/mol. The highest BCUT2D eigenvalue weighted by atomic mass is 16.2. The highest BCUT2D eigenvalue weighted by molar-refractivity contribution is 5.79. The van der Waals surface area contributed by atoms with Crippen LogP contribution in [0.25, 0.3) is 0 Å².